The summed E-state index contributed by atoms with van der Waals surface area (Å²) in [6.45, 7) is 2.89. The van der Waals surface area contributed by atoms with Gasteiger partial charge in [0.05, 0.1) is 13.0 Å². The summed E-state index contributed by atoms with van der Waals surface area (Å²) in [5.41, 5.74) is 0. The first kappa shape index (κ1) is 12.5. The third-order valence-electron chi connectivity index (χ3n) is 3.48. The van der Waals surface area contributed by atoms with Gasteiger partial charge in [0.25, 0.3) is 0 Å². The molecule has 0 heterocycles. The van der Waals surface area contributed by atoms with Crippen LogP contribution in [0.4, 0.5) is 0 Å². The zero-order chi connectivity index (χ0) is 11.3. The van der Waals surface area contributed by atoms with Gasteiger partial charge in [0.15, 0.2) is 0 Å². The number of carbonyl (C=O) groups is 1. The number of nitrogens with zero attached hydrogens (tertiary/aromatic N) is 1. The molecule has 15 heavy (non-hydrogen) atoms. The van der Waals surface area contributed by atoms with Crippen molar-refractivity contribution in [1.29, 1.82) is 0 Å². The van der Waals surface area contributed by atoms with E-state index in [1.807, 2.05) is 6.92 Å². The van der Waals surface area contributed by atoms with E-state index in [9.17, 15) is 4.79 Å². The molecule has 0 bridgehead atoms. The smallest absolute Gasteiger partial charge is 0.309 e. The van der Waals surface area contributed by atoms with Crippen molar-refractivity contribution in [1.82, 2.24) is 4.90 Å². The molecule has 1 fully saturated rings. The molecule has 0 radical (unpaired) electrons. The number of esters is 1. The van der Waals surface area contributed by atoms with Gasteiger partial charge in [-0.05, 0) is 26.3 Å². The fraction of sp³-hybridized carbons (Fsp3) is 0.917. The van der Waals surface area contributed by atoms with Gasteiger partial charge in [0, 0.05) is 12.6 Å². The molecule has 0 aromatic heterocycles. The summed E-state index contributed by atoms with van der Waals surface area (Å²) in [5, 5.41) is 0. The maximum atomic E-state index is 11.4. The monoisotopic (exact) mass is 213 g/mol. The van der Waals surface area contributed by atoms with Crippen LogP contribution < -0.4 is 0 Å². The maximum Gasteiger partial charge on any atom is 0.309 e. The Morgan fingerprint density at radius 1 is 1.47 bits per heavy atom. The maximum absolute atomic E-state index is 11.4. The molecule has 0 amide bonds. The van der Waals surface area contributed by atoms with Crippen LogP contribution in [-0.4, -0.2) is 37.6 Å². The molecule has 0 N–H and O–H groups in total. The molecule has 1 rings (SSSR count). The molecule has 0 aromatic carbocycles. The fourth-order valence-corrected chi connectivity index (χ4v) is 2.38. The highest BCUT2D eigenvalue weighted by Gasteiger charge is 2.24. The third kappa shape index (κ3) is 3.49. The second kappa shape index (κ2) is 6.11. The first-order chi connectivity index (χ1) is 7.19. The quantitative estimate of drug-likeness (QED) is 0.655. The van der Waals surface area contributed by atoms with Crippen molar-refractivity contribution < 1.29 is 9.53 Å². The molecule has 0 spiro atoms. The number of methoxy groups -OCH3 is 1. The molecular weight excluding hydrogens is 190 g/mol. The lowest BCUT2D eigenvalue weighted by molar-refractivity contribution is -0.146. The first-order valence-corrected chi connectivity index (χ1v) is 5.97. The molecule has 3 heteroatoms. The number of rotatable bonds is 5. The van der Waals surface area contributed by atoms with Gasteiger partial charge in [-0.3, -0.25) is 4.79 Å². The van der Waals surface area contributed by atoms with Crippen molar-refractivity contribution in [2.75, 3.05) is 20.7 Å². The second-order valence-electron chi connectivity index (χ2n) is 4.51. The lowest BCUT2D eigenvalue weighted by Crippen LogP contribution is -2.36. The molecule has 0 aromatic rings. The van der Waals surface area contributed by atoms with Gasteiger partial charge in [-0.15, -0.1) is 0 Å². The standard InChI is InChI=1S/C12H23NO2/c1-4-10(12(14)15-3)9-13(2)11-7-5-6-8-11/h10-11H,4-9H2,1-3H3. The van der Waals surface area contributed by atoms with Crippen LogP contribution in [0.25, 0.3) is 0 Å². The highest BCUT2D eigenvalue weighted by Crippen LogP contribution is 2.23. The molecule has 1 atom stereocenters. The van der Waals surface area contributed by atoms with E-state index in [-0.39, 0.29) is 11.9 Å². The van der Waals surface area contributed by atoms with E-state index in [4.69, 9.17) is 4.74 Å². The minimum atomic E-state index is -0.0673. The van der Waals surface area contributed by atoms with Gasteiger partial charge in [-0.1, -0.05) is 19.8 Å². The van der Waals surface area contributed by atoms with Crippen LogP contribution in [0.5, 0.6) is 0 Å². The molecule has 1 saturated carbocycles. The zero-order valence-electron chi connectivity index (χ0n) is 10.2. The van der Waals surface area contributed by atoms with Crippen molar-refractivity contribution in [2.45, 2.75) is 45.1 Å². The average molecular weight is 213 g/mol. The minimum absolute atomic E-state index is 0.0422. The number of carbonyl (C=O) groups excluding carboxylic acids is 1. The Bertz CT molecular complexity index is 200. The van der Waals surface area contributed by atoms with Crippen LogP contribution in [0, 0.1) is 5.92 Å². The lowest BCUT2D eigenvalue weighted by atomic mass is 10.1. The topological polar surface area (TPSA) is 29.5 Å². The highest BCUT2D eigenvalue weighted by atomic mass is 16.5. The predicted molar refractivity (Wildman–Crippen MR) is 60.7 cm³/mol. The molecular formula is C12H23NO2. The largest absolute Gasteiger partial charge is 0.469 e. The van der Waals surface area contributed by atoms with E-state index >= 15 is 0 Å². The van der Waals surface area contributed by atoms with Gasteiger partial charge in [0.1, 0.15) is 0 Å². The molecule has 0 saturated heterocycles. The Morgan fingerprint density at radius 3 is 2.53 bits per heavy atom. The van der Waals surface area contributed by atoms with E-state index < -0.39 is 0 Å². The summed E-state index contributed by atoms with van der Waals surface area (Å²) in [5.74, 6) is -0.0250. The summed E-state index contributed by atoms with van der Waals surface area (Å²) >= 11 is 0. The van der Waals surface area contributed by atoms with Gasteiger partial charge in [-0.2, -0.15) is 0 Å². The summed E-state index contributed by atoms with van der Waals surface area (Å²) < 4.78 is 4.80. The Labute approximate surface area is 92.8 Å². The molecule has 0 aliphatic heterocycles. The molecule has 1 aliphatic carbocycles. The normalized spacial score (nSPS) is 19.5. The molecule has 3 nitrogen and oxygen atoms in total. The average Bonchev–Trinajstić information content (AvgIpc) is 2.77. The van der Waals surface area contributed by atoms with Gasteiger partial charge in [-0.25, -0.2) is 0 Å². The number of hydrogen-bond donors (Lipinski definition) is 0. The van der Waals surface area contributed by atoms with Crippen LogP contribution in [0.15, 0.2) is 0 Å². The van der Waals surface area contributed by atoms with Crippen LogP contribution in [0.3, 0.4) is 0 Å². The predicted octanol–water partition coefficient (Wildman–Crippen LogP) is 2.06. The Kier molecular flexibility index (Phi) is 5.09. The van der Waals surface area contributed by atoms with Crippen LogP contribution in [-0.2, 0) is 9.53 Å². The van der Waals surface area contributed by atoms with Crippen molar-refractivity contribution >= 4 is 5.97 Å². The third-order valence-corrected chi connectivity index (χ3v) is 3.48. The van der Waals surface area contributed by atoms with E-state index in [1.165, 1.54) is 32.8 Å². The summed E-state index contributed by atoms with van der Waals surface area (Å²) in [6, 6.07) is 0.684. The Morgan fingerprint density at radius 2 is 2.07 bits per heavy atom. The van der Waals surface area contributed by atoms with Crippen molar-refractivity contribution in [3.63, 3.8) is 0 Å². The van der Waals surface area contributed by atoms with Gasteiger partial charge < -0.3 is 9.64 Å². The number of hydrogen-bond acceptors (Lipinski definition) is 3. The van der Waals surface area contributed by atoms with Gasteiger partial charge >= 0.3 is 5.97 Å². The fourth-order valence-electron chi connectivity index (χ4n) is 2.38. The SMILES string of the molecule is CCC(CN(C)C1CCCC1)C(=O)OC. The minimum Gasteiger partial charge on any atom is -0.469 e. The van der Waals surface area contributed by atoms with Crippen molar-refractivity contribution in [2.24, 2.45) is 5.92 Å². The highest BCUT2D eigenvalue weighted by molar-refractivity contribution is 5.72. The van der Waals surface area contributed by atoms with E-state index in [0.717, 1.165) is 13.0 Å². The summed E-state index contributed by atoms with van der Waals surface area (Å²) in [4.78, 5) is 13.8. The summed E-state index contributed by atoms with van der Waals surface area (Å²) in [7, 11) is 3.60. The number of ether oxygens (including phenoxy) is 1. The molecule has 88 valence electrons. The Hall–Kier alpha value is -0.570. The van der Waals surface area contributed by atoms with Crippen LogP contribution in [0.2, 0.25) is 0 Å². The lowest BCUT2D eigenvalue weighted by Gasteiger charge is -2.27. The molecule has 1 aliphatic rings. The van der Waals surface area contributed by atoms with E-state index in [0.29, 0.717) is 6.04 Å². The molecule has 1 unspecified atom stereocenters. The zero-order valence-corrected chi connectivity index (χ0v) is 10.2. The van der Waals surface area contributed by atoms with Crippen LogP contribution in [0.1, 0.15) is 39.0 Å². The van der Waals surface area contributed by atoms with Crippen molar-refractivity contribution in [3.05, 3.63) is 0 Å². The Balaban J connectivity index is 2.39. The summed E-state index contributed by atoms with van der Waals surface area (Å²) in [6.07, 6.45) is 6.11. The van der Waals surface area contributed by atoms with Crippen molar-refractivity contribution in [3.8, 4) is 0 Å². The van der Waals surface area contributed by atoms with Crippen LogP contribution >= 0.6 is 0 Å². The van der Waals surface area contributed by atoms with Gasteiger partial charge in [0.2, 0.25) is 0 Å². The van der Waals surface area contributed by atoms with E-state index in [2.05, 4.69) is 11.9 Å². The second-order valence-corrected chi connectivity index (χ2v) is 4.51. The van der Waals surface area contributed by atoms with E-state index in [1.54, 1.807) is 0 Å². The first-order valence-electron chi connectivity index (χ1n) is 5.97.